The van der Waals surface area contributed by atoms with Gasteiger partial charge in [0.2, 0.25) is 0 Å². The molecule has 2 N–H and O–H groups in total. The number of aromatic nitrogens is 3. The van der Waals surface area contributed by atoms with Crippen molar-refractivity contribution in [3.8, 4) is 11.1 Å². The highest BCUT2D eigenvalue weighted by Crippen LogP contribution is 2.31. The molecule has 0 unspecified atom stereocenters. The zero-order chi connectivity index (χ0) is 13.5. The number of benzene rings is 2. The Morgan fingerprint density at radius 3 is 2.47 bits per heavy atom. The van der Waals surface area contributed by atoms with E-state index in [9.17, 15) is 13.0 Å². The second-order valence-corrected chi connectivity index (χ2v) is 5.36. The number of H-pyrrole nitrogens is 1. The molecule has 0 radical (unpaired) electrons. The van der Waals surface area contributed by atoms with E-state index in [4.69, 9.17) is 0 Å². The molecule has 0 aliphatic heterocycles. The van der Waals surface area contributed by atoms with Crippen molar-refractivity contribution in [2.24, 2.45) is 0 Å². The third kappa shape index (κ3) is 1.98. The minimum absolute atomic E-state index is 0.148. The van der Waals surface area contributed by atoms with Crippen LogP contribution in [0, 0.1) is 0 Å². The molecule has 0 atom stereocenters. The summed E-state index contributed by atoms with van der Waals surface area (Å²) in [4.78, 5) is -0.148. The third-order valence-electron chi connectivity index (χ3n) is 2.80. The zero-order valence-corrected chi connectivity index (χ0v) is 10.4. The molecule has 0 spiro atoms. The van der Waals surface area contributed by atoms with Crippen molar-refractivity contribution in [3.63, 3.8) is 0 Å². The van der Waals surface area contributed by atoms with Gasteiger partial charge in [0.15, 0.2) is 0 Å². The van der Waals surface area contributed by atoms with Crippen LogP contribution in [0.5, 0.6) is 0 Å². The van der Waals surface area contributed by atoms with Gasteiger partial charge in [-0.15, -0.1) is 0 Å². The highest BCUT2D eigenvalue weighted by molar-refractivity contribution is 7.86. The van der Waals surface area contributed by atoms with Gasteiger partial charge in [-0.3, -0.25) is 4.55 Å². The van der Waals surface area contributed by atoms with Crippen LogP contribution in [0.3, 0.4) is 0 Å². The fourth-order valence-electron chi connectivity index (χ4n) is 2.00. The monoisotopic (exact) mass is 275 g/mol. The van der Waals surface area contributed by atoms with Gasteiger partial charge in [-0.05, 0) is 12.1 Å². The van der Waals surface area contributed by atoms with Crippen LogP contribution in [0.25, 0.3) is 22.2 Å². The summed E-state index contributed by atoms with van der Waals surface area (Å²) < 4.78 is 32.1. The van der Waals surface area contributed by atoms with Crippen molar-refractivity contribution in [1.82, 2.24) is 15.4 Å². The quantitative estimate of drug-likeness (QED) is 0.696. The molecule has 0 fully saturated rings. The van der Waals surface area contributed by atoms with Crippen molar-refractivity contribution < 1.29 is 13.0 Å². The van der Waals surface area contributed by atoms with E-state index in [1.54, 1.807) is 36.4 Å². The first kappa shape index (κ1) is 11.8. The summed E-state index contributed by atoms with van der Waals surface area (Å²) in [6.07, 6.45) is 0. The van der Waals surface area contributed by atoms with E-state index >= 15 is 0 Å². The molecular weight excluding hydrogens is 266 g/mol. The number of hydrogen-bond acceptors (Lipinski definition) is 4. The number of nitrogens with zero attached hydrogens (tertiary/aromatic N) is 2. The van der Waals surface area contributed by atoms with Gasteiger partial charge in [0.1, 0.15) is 15.9 Å². The predicted molar refractivity (Wildman–Crippen MR) is 69.1 cm³/mol. The molecule has 2 aromatic carbocycles. The van der Waals surface area contributed by atoms with E-state index in [1.165, 1.54) is 6.07 Å². The largest absolute Gasteiger partial charge is 0.295 e. The Hall–Kier alpha value is -2.25. The summed E-state index contributed by atoms with van der Waals surface area (Å²) in [6.45, 7) is 0. The Balaban J connectivity index is 2.37. The Morgan fingerprint density at radius 1 is 0.947 bits per heavy atom. The Labute approximate surface area is 108 Å². The van der Waals surface area contributed by atoms with Crippen molar-refractivity contribution in [1.29, 1.82) is 0 Å². The maximum atomic E-state index is 11.4. The minimum Gasteiger partial charge on any atom is -0.282 e. The fourth-order valence-corrected chi connectivity index (χ4v) is 2.71. The van der Waals surface area contributed by atoms with Gasteiger partial charge < -0.3 is 0 Å². The molecule has 6 nitrogen and oxygen atoms in total. The molecule has 1 heterocycles. The SMILES string of the molecule is O=S(=O)(O)c1ccccc1-c1cccc2n[nH]nc12. The maximum Gasteiger partial charge on any atom is 0.295 e. The standard InChI is InChI=1S/C12H9N3O3S/c16-19(17,18)11-7-2-1-4-8(11)9-5-3-6-10-12(9)14-15-13-10/h1-7H,(H,13,14,15)(H,16,17,18). The zero-order valence-electron chi connectivity index (χ0n) is 9.61. The predicted octanol–water partition coefficient (Wildman–Crippen LogP) is 1.87. The lowest BCUT2D eigenvalue weighted by Crippen LogP contribution is -2.00. The molecule has 1 aromatic heterocycles. The fraction of sp³-hybridized carbons (Fsp3) is 0. The van der Waals surface area contributed by atoms with Crippen LogP contribution in [0.2, 0.25) is 0 Å². The molecule has 0 saturated carbocycles. The third-order valence-corrected chi connectivity index (χ3v) is 3.71. The first-order valence-electron chi connectivity index (χ1n) is 5.44. The van der Waals surface area contributed by atoms with Gasteiger partial charge in [0, 0.05) is 11.1 Å². The minimum atomic E-state index is -4.29. The molecule has 0 aliphatic rings. The van der Waals surface area contributed by atoms with Gasteiger partial charge in [-0.25, -0.2) is 0 Å². The molecule has 0 bridgehead atoms. The molecular formula is C12H9N3O3S. The molecule has 19 heavy (non-hydrogen) atoms. The van der Waals surface area contributed by atoms with Gasteiger partial charge in [0.25, 0.3) is 10.1 Å². The van der Waals surface area contributed by atoms with Crippen LogP contribution in [-0.2, 0) is 10.1 Å². The average molecular weight is 275 g/mol. The number of fused-ring (bicyclic) bond motifs is 1. The lowest BCUT2D eigenvalue weighted by atomic mass is 10.0. The summed E-state index contributed by atoms with van der Waals surface area (Å²) in [5.74, 6) is 0. The summed E-state index contributed by atoms with van der Waals surface area (Å²) in [5, 5.41) is 10.4. The van der Waals surface area contributed by atoms with E-state index < -0.39 is 10.1 Å². The molecule has 96 valence electrons. The first-order valence-corrected chi connectivity index (χ1v) is 6.88. The molecule has 7 heteroatoms. The maximum absolute atomic E-state index is 11.4. The van der Waals surface area contributed by atoms with E-state index in [-0.39, 0.29) is 4.90 Å². The van der Waals surface area contributed by atoms with Gasteiger partial charge in [-0.1, -0.05) is 30.3 Å². The normalized spacial score (nSPS) is 11.8. The van der Waals surface area contributed by atoms with Crippen LogP contribution < -0.4 is 0 Å². The van der Waals surface area contributed by atoms with Crippen LogP contribution >= 0.6 is 0 Å². The molecule has 3 rings (SSSR count). The second kappa shape index (κ2) is 4.15. The summed E-state index contributed by atoms with van der Waals surface area (Å²) in [6, 6.07) is 11.5. The van der Waals surface area contributed by atoms with Crippen molar-refractivity contribution in [2.75, 3.05) is 0 Å². The average Bonchev–Trinajstić information content (AvgIpc) is 2.85. The number of nitrogens with one attached hydrogen (secondary N) is 1. The second-order valence-electron chi connectivity index (χ2n) is 3.97. The number of para-hydroxylation sites is 1. The topological polar surface area (TPSA) is 95.9 Å². The Morgan fingerprint density at radius 2 is 1.68 bits per heavy atom. The van der Waals surface area contributed by atoms with E-state index in [1.807, 2.05) is 0 Å². The highest BCUT2D eigenvalue weighted by Gasteiger charge is 2.18. The van der Waals surface area contributed by atoms with Gasteiger partial charge in [0.05, 0.1) is 0 Å². The van der Waals surface area contributed by atoms with Gasteiger partial charge in [-0.2, -0.15) is 23.8 Å². The lowest BCUT2D eigenvalue weighted by Gasteiger charge is -2.07. The number of aromatic amines is 1. The smallest absolute Gasteiger partial charge is 0.282 e. The van der Waals surface area contributed by atoms with Crippen molar-refractivity contribution in [2.45, 2.75) is 4.90 Å². The highest BCUT2D eigenvalue weighted by atomic mass is 32.2. The molecule has 0 aliphatic carbocycles. The molecule has 0 saturated heterocycles. The molecule has 0 amide bonds. The summed E-state index contributed by atoms with van der Waals surface area (Å²) in [5.41, 5.74) is 2.17. The van der Waals surface area contributed by atoms with Crippen LogP contribution in [-0.4, -0.2) is 28.4 Å². The van der Waals surface area contributed by atoms with Crippen LogP contribution in [0.1, 0.15) is 0 Å². The summed E-state index contributed by atoms with van der Waals surface area (Å²) >= 11 is 0. The van der Waals surface area contributed by atoms with Crippen LogP contribution in [0.4, 0.5) is 0 Å². The first-order chi connectivity index (χ1) is 9.07. The summed E-state index contributed by atoms with van der Waals surface area (Å²) in [7, 11) is -4.29. The van der Waals surface area contributed by atoms with Gasteiger partial charge >= 0.3 is 0 Å². The van der Waals surface area contributed by atoms with Crippen molar-refractivity contribution >= 4 is 21.2 Å². The number of hydrogen-bond donors (Lipinski definition) is 2. The van der Waals surface area contributed by atoms with E-state index in [0.29, 0.717) is 22.2 Å². The van der Waals surface area contributed by atoms with Crippen LogP contribution in [0.15, 0.2) is 47.4 Å². The number of rotatable bonds is 2. The van der Waals surface area contributed by atoms with E-state index in [0.717, 1.165) is 0 Å². The Bertz CT molecular complexity index is 855. The van der Waals surface area contributed by atoms with E-state index in [2.05, 4.69) is 15.4 Å². The Kier molecular flexibility index (Phi) is 2.58. The lowest BCUT2D eigenvalue weighted by molar-refractivity contribution is 0.483. The van der Waals surface area contributed by atoms with Crippen molar-refractivity contribution in [3.05, 3.63) is 42.5 Å². The molecule has 3 aromatic rings.